The number of hydrogen-bond acceptors (Lipinski definition) is 6. The van der Waals surface area contributed by atoms with Gasteiger partial charge in [-0.05, 0) is 35.4 Å². The normalized spacial score (nSPS) is 12.3. The molecule has 0 saturated carbocycles. The van der Waals surface area contributed by atoms with Crippen LogP contribution in [0.1, 0.15) is 31.2 Å². The third-order valence-corrected chi connectivity index (χ3v) is 4.26. The molecule has 0 aliphatic carbocycles. The van der Waals surface area contributed by atoms with Crippen LogP contribution in [0.3, 0.4) is 0 Å². The maximum absolute atomic E-state index is 12.5. The first-order valence-electron chi connectivity index (χ1n) is 8.33. The molecule has 1 aliphatic rings. The lowest BCUT2D eigenvalue weighted by Crippen LogP contribution is -2.19. The number of carbonyl (C=O) groups excluding carboxylic acids is 3. The van der Waals surface area contributed by atoms with E-state index in [-0.39, 0.29) is 11.6 Å². The molecule has 8 heteroatoms. The molecule has 2 aromatic carbocycles. The minimum Gasteiger partial charge on any atom is -0.479 e. The zero-order chi connectivity index (χ0) is 19.7. The molecule has 1 aromatic heterocycles. The minimum atomic E-state index is -0.457. The Morgan fingerprint density at radius 1 is 0.964 bits per heavy atom. The topological polar surface area (TPSA) is 110 Å². The molecular weight excluding hydrogens is 360 g/mol. The summed E-state index contributed by atoms with van der Waals surface area (Å²) in [6.45, 7) is 0. The highest BCUT2D eigenvalue weighted by Gasteiger charge is 2.26. The highest BCUT2D eigenvalue weighted by Crippen LogP contribution is 2.27. The number of benzene rings is 2. The van der Waals surface area contributed by atoms with Gasteiger partial charge >= 0.3 is 0 Å². The molecule has 0 atom stereocenters. The average Bonchev–Trinajstić information content (AvgIpc) is 3.01. The Kier molecular flexibility index (Phi) is 4.29. The van der Waals surface area contributed by atoms with Gasteiger partial charge in [-0.2, -0.15) is 0 Å². The number of hydrogen-bond donors (Lipinski definition) is 2. The number of ether oxygens (including phenoxy) is 1. The third-order valence-electron chi connectivity index (χ3n) is 4.26. The fourth-order valence-corrected chi connectivity index (χ4v) is 2.94. The van der Waals surface area contributed by atoms with Gasteiger partial charge in [-0.3, -0.25) is 19.7 Å². The summed E-state index contributed by atoms with van der Waals surface area (Å²) in [6.07, 6.45) is 2.84. The van der Waals surface area contributed by atoms with Crippen molar-refractivity contribution in [3.05, 3.63) is 71.7 Å². The van der Waals surface area contributed by atoms with Crippen molar-refractivity contribution in [1.82, 2.24) is 15.3 Å². The van der Waals surface area contributed by atoms with Gasteiger partial charge in [-0.1, -0.05) is 18.2 Å². The van der Waals surface area contributed by atoms with Crippen LogP contribution in [0.2, 0.25) is 0 Å². The Balaban J connectivity index is 1.62. The minimum absolute atomic E-state index is 0.0723. The van der Waals surface area contributed by atoms with Crippen LogP contribution in [-0.2, 0) is 0 Å². The number of amides is 3. The quantitative estimate of drug-likeness (QED) is 0.678. The molecule has 0 unspecified atom stereocenters. The van der Waals surface area contributed by atoms with Crippen molar-refractivity contribution >= 4 is 23.4 Å². The van der Waals surface area contributed by atoms with Crippen molar-refractivity contribution in [2.45, 2.75) is 0 Å². The van der Waals surface area contributed by atoms with Crippen LogP contribution in [0.25, 0.3) is 11.1 Å². The number of methoxy groups -OCH3 is 1. The van der Waals surface area contributed by atoms with E-state index in [0.29, 0.717) is 16.8 Å². The molecule has 1 aliphatic heterocycles. The maximum atomic E-state index is 12.5. The second-order valence-electron chi connectivity index (χ2n) is 5.99. The molecule has 0 spiro atoms. The van der Waals surface area contributed by atoms with Crippen LogP contribution in [-0.4, -0.2) is 34.8 Å². The number of imide groups is 1. The van der Waals surface area contributed by atoms with Gasteiger partial charge in [0.05, 0.1) is 18.2 Å². The lowest BCUT2D eigenvalue weighted by molar-refractivity contribution is 0.0878. The summed E-state index contributed by atoms with van der Waals surface area (Å²) in [4.78, 5) is 44.0. The highest BCUT2D eigenvalue weighted by molar-refractivity contribution is 6.21. The molecule has 8 nitrogen and oxygen atoms in total. The number of nitrogens with one attached hydrogen (secondary N) is 2. The van der Waals surface area contributed by atoms with Gasteiger partial charge < -0.3 is 10.1 Å². The van der Waals surface area contributed by atoms with Crippen molar-refractivity contribution in [1.29, 1.82) is 0 Å². The Morgan fingerprint density at radius 3 is 2.54 bits per heavy atom. The van der Waals surface area contributed by atoms with Gasteiger partial charge in [-0.25, -0.2) is 9.97 Å². The number of nitrogens with zero attached hydrogens (tertiary/aromatic N) is 2. The Labute approximate surface area is 159 Å². The Bertz CT molecular complexity index is 1130. The SMILES string of the molecule is COc1nccnc1C(=O)Nc1cccc(-c2ccc3c(c2)C(=O)NC3=O)c1. The molecular formula is C20H14N4O4. The van der Waals surface area contributed by atoms with Gasteiger partial charge in [0.15, 0.2) is 5.69 Å². The van der Waals surface area contributed by atoms with Crippen molar-refractivity contribution in [2.24, 2.45) is 0 Å². The Hall–Kier alpha value is -4.07. The zero-order valence-corrected chi connectivity index (χ0v) is 14.7. The van der Waals surface area contributed by atoms with Crippen molar-refractivity contribution in [2.75, 3.05) is 12.4 Å². The molecule has 0 saturated heterocycles. The lowest BCUT2D eigenvalue weighted by atomic mass is 10.00. The van der Waals surface area contributed by atoms with E-state index in [4.69, 9.17) is 4.74 Å². The number of aromatic nitrogens is 2. The van der Waals surface area contributed by atoms with Gasteiger partial charge in [0.1, 0.15) is 0 Å². The van der Waals surface area contributed by atoms with Crippen LogP contribution >= 0.6 is 0 Å². The van der Waals surface area contributed by atoms with Crippen LogP contribution < -0.4 is 15.4 Å². The van der Waals surface area contributed by atoms with Gasteiger partial charge in [-0.15, -0.1) is 0 Å². The predicted octanol–water partition coefficient (Wildman–Crippen LogP) is 2.29. The smallest absolute Gasteiger partial charge is 0.279 e. The molecule has 0 bridgehead atoms. The molecule has 0 radical (unpaired) electrons. The predicted molar refractivity (Wildman–Crippen MR) is 100 cm³/mol. The largest absolute Gasteiger partial charge is 0.479 e. The van der Waals surface area contributed by atoms with Crippen molar-refractivity contribution in [3.8, 4) is 17.0 Å². The lowest BCUT2D eigenvalue weighted by Gasteiger charge is -2.09. The van der Waals surface area contributed by atoms with Crippen molar-refractivity contribution < 1.29 is 19.1 Å². The summed E-state index contributed by atoms with van der Waals surface area (Å²) in [6, 6.07) is 12.1. The summed E-state index contributed by atoms with van der Waals surface area (Å²) in [7, 11) is 1.41. The van der Waals surface area contributed by atoms with Crippen LogP contribution in [0.15, 0.2) is 54.9 Å². The average molecular weight is 374 g/mol. The van der Waals surface area contributed by atoms with E-state index in [1.54, 1.807) is 36.4 Å². The molecule has 0 fully saturated rings. The highest BCUT2D eigenvalue weighted by atomic mass is 16.5. The number of fused-ring (bicyclic) bond motifs is 1. The third kappa shape index (κ3) is 3.07. The van der Waals surface area contributed by atoms with E-state index in [2.05, 4.69) is 20.6 Å². The van der Waals surface area contributed by atoms with Crippen LogP contribution in [0, 0.1) is 0 Å². The molecule has 3 amide bonds. The Morgan fingerprint density at radius 2 is 1.71 bits per heavy atom. The molecule has 138 valence electrons. The molecule has 2 heterocycles. The zero-order valence-electron chi connectivity index (χ0n) is 14.7. The molecule has 3 aromatic rings. The standard InChI is InChI=1S/C20H14N4O4/c1-28-20-16(21-7-8-22-20)19(27)23-13-4-2-3-11(9-13)12-5-6-14-15(10-12)18(26)24-17(14)25/h2-10H,1H3,(H,23,27)(H,24,25,26). The first-order chi connectivity index (χ1) is 13.6. The summed E-state index contributed by atoms with van der Waals surface area (Å²) >= 11 is 0. The summed E-state index contributed by atoms with van der Waals surface area (Å²) in [5.41, 5.74) is 2.82. The second kappa shape index (κ2) is 6.92. The summed E-state index contributed by atoms with van der Waals surface area (Å²) in [5, 5.41) is 5.02. The fourth-order valence-electron chi connectivity index (χ4n) is 2.94. The first kappa shape index (κ1) is 17.3. The molecule has 28 heavy (non-hydrogen) atoms. The number of carbonyl (C=O) groups is 3. The monoisotopic (exact) mass is 374 g/mol. The first-order valence-corrected chi connectivity index (χ1v) is 8.33. The summed E-state index contributed by atoms with van der Waals surface area (Å²) < 4.78 is 5.06. The van der Waals surface area contributed by atoms with Gasteiger partial charge in [0.2, 0.25) is 5.88 Å². The van der Waals surface area contributed by atoms with E-state index in [1.807, 2.05) is 6.07 Å². The number of anilines is 1. The number of rotatable bonds is 4. The van der Waals surface area contributed by atoms with E-state index < -0.39 is 17.7 Å². The summed E-state index contributed by atoms with van der Waals surface area (Å²) in [5.74, 6) is -1.14. The van der Waals surface area contributed by atoms with Crippen LogP contribution in [0.5, 0.6) is 5.88 Å². The van der Waals surface area contributed by atoms with Crippen LogP contribution in [0.4, 0.5) is 5.69 Å². The fraction of sp³-hybridized carbons (Fsp3) is 0.0500. The van der Waals surface area contributed by atoms with E-state index in [1.165, 1.54) is 19.5 Å². The van der Waals surface area contributed by atoms with E-state index >= 15 is 0 Å². The molecule has 2 N–H and O–H groups in total. The van der Waals surface area contributed by atoms with E-state index in [0.717, 1.165) is 11.1 Å². The second-order valence-corrected chi connectivity index (χ2v) is 5.99. The van der Waals surface area contributed by atoms with Gasteiger partial charge in [0.25, 0.3) is 17.7 Å². The molecule has 4 rings (SSSR count). The van der Waals surface area contributed by atoms with Crippen molar-refractivity contribution in [3.63, 3.8) is 0 Å². The van der Waals surface area contributed by atoms with E-state index in [9.17, 15) is 14.4 Å². The van der Waals surface area contributed by atoms with Gasteiger partial charge in [0, 0.05) is 18.1 Å². The maximum Gasteiger partial charge on any atom is 0.279 e.